The molecule has 2 aromatic rings. The maximum atomic E-state index is 11.7. The molecule has 0 fully saturated rings. The Labute approximate surface area is 147 Å². The Balaban J connectivity index is 1.67. The van der Waals surface area contributed by atoms with Crippen molar-refractivity contribution in [1.29, 1.82) is 0 Å². The molecule has 1 unspecified atom stereocenters. The molecule has 1 aromatic heterocycles. The van der Waals surface area contributed by atoms with Crippen molar-refractivity contribution in [2.24, 2.45) is 5.92 Å². The summed E-state index contributed by atoms with van der Waals surface area (Å²) in [6.45, 7) is 5.12. The molecular formula is C18H25N3O4. The second-order valence-corrected chi connectivity index (χ2v) is 6.13. The Kier molecular flexibility index (Phi) is 7.43. The summed E-state index contributed by atoms with van der Waals surface area (Å²) in [7, 11) is 0. The number of ether oxygens (including phenoxy) is 1. The molecule has 0 aliphatic heterocycles. The van der Waals surface area contributed by atoms with Gasteiger partial charge < -0.3 is 24.9 Å². The first-order valence-electron chi connectivity index (χ1n) is 8.32. The number of benzene rings is 1. The minimum atomic E-state index is -0.740. The van der Waals surface area contributed by atoms with Crippen LogP contribution in [-0.4, -0.2) is 42.0 Å². The fourth-order valence-corrected chi connectivity index (χ4v) is 2.06. The normalized spacial score (nSPS) is 12.2. The third kappa shape index (κ3) is 6.94. The number of nitrogens with zero attached hydrogens (tertiary/aromatic N) is 1. The summed E-state index contributed by atoms with van der Waals surface area (Å²) in [5.41, 5.74) is 0.926. The van der Waals surface area contributed by atoms with Gasteiger partial charge in [-0.1, -0.05) is 44.2 Å². The maximum absolute atomic E-state index is 11.7. The fourth-order valence-electron chi connectivity index (χ4n) is 2.06. The molecule has 0 radical (unpaired) electrons. The van der Waals surface area contributed by atoms with E-state index in [1.807, 2.05) is 44.2 Å². The summed E-state index contributed by atoms with van der Waals surface area (Å²) in [5.74, 6) is 1.47. The van der Waals surface area contributed by atoms with Crippen LogP contribution >= 0.6 is 0 Å². The highest BCUT2D eigenvalue weighted by atomic mass is 16.5. The first-order chi connectivity index (χ1) is 12.0. The van der Waals surface area contributed by atoms with E-state index in [0.717, 1.165) is 5.56 Å². The van der Waals surface area contributed by atoms with Gasteiger partial charge in [0.25, 0.3) is 0 Å². The molecule has 3 N–H and O–H groups in total. The fraction of sp³-hybridized carbons (Fsp3) is 0.444. The predicted molar refractivity (Wildman–Crippen MR) is 93.8 cm³/mol. The van der Waals surface area contributed by atoms with Gasteiger partial charge in [0.2, 0.25) is 5.89 Å². The van der Waals surface area contributed by atoms with Gasteiger partial charge in [0.15, 0.2) is 5.76 Å². The van der Waals surface area contributed by atoms with Crippen molar-refractivity contribution in [1.82, 2.24) is 15.6 Å². The van der Waals surface area contributed by atoms with E-state index in [1.54, 1.807) is 6.20 Å². The van der Waals surface area contributed by atoms with Gasteiger partial charge in [0, 0.05) is 18.7 Å². The Morgan fingerprint density at radius 1 is 1.24 bits per heavy atom. The first kappa shape index (κ1) is 19.0. The van der Waals surface area contributed by atoms with Crippen LogP contribution in [0.4, 0.5) is 4.79 Å². The second kappa shape index (κ2) is 9.80. The average molecular weight is 347 g/mol. The maximum Gasteiger partial charge on any atom is 0.315 e. The van der Waals surface area contributed by atoms with Crippen LogP contribution in [0.1, 0.15) is 19.7 Å². The van der Waals surface area contributed by atoms with Gasteiger partial charge in [-0.2, -0.15) is 0 Å². The highest BCUT2D eigenvalue weighted by Gasteiger charge is 2.10. The van der Waals surface area contributed by atoms with E-state index in [-0.39, 0.29) is 19.7 Å². The monoisotopic (exact) mass is 347 g/mol. The third-order valence-electron chi connectivity index (χ3n) is 3.27. The van der Waals surface area contributed by atoms with E-state index in [2.05, 4.69) is 15.6 Å². The third-order valence-corrected chi connectivity index (χ3v) is 3.27. The number of hydrogen-bond donors (Lipinski definition) is 3. The number of rotatable bonds is 9. The summed E-state index contributed by atoms with van der Waals surface area (Å²) in [5, 5.41) is 14.9. The van der Waals surface area contributed by atoms with Gasteiger partial charge in [-0.25, -0.2) is 9.78 Å². The van der Waals surface area contributed by atoms with Crippen molar-refractivity contribution in [2.75, 3.05) is 19.8 Å². The van der Waals surface area contributed by atoms with E-state index in [9.17, 15) is 9.90 Å². The lowest BCUT2D eigenvalue weighted by Gasteiger charge is -2.13. The Bertz CT molecular complexity index is 643. The van der Waals surface area contributed by atoms with Crippen molar-refractivity contribution in [3.63, 3.8) is 0 Å². The summed E-state index contributed by atoms with van der Waals surface area (Å²) >= 11 is 0. The zero-order valence-electron chi connectivity index (χ0n) is 14.6. The molecule has 2 rings (SSSR count). The van der Waals surface area contributed by atoms with E-state index in [0.29, 0.717) is 24.2 Å². The number of carbonyl (C=O) groups is 1. The molecule has 0 spiro atoms. The topological polar surface area (TPSA) is 96.6 Å². The predicted octanol–water partition coefficient (Wildman–Crippen LogP) is 2.17. The number of amides is 2. The molecule has 0 aliphatic rings. The summed E-state index contributed by atoms with van der Waals surface area (Å²) in [6.07, 6.45) is 0.885. The Hall–Kier alpha value is -2.38. The number of carbonyl (C=O) groups excluding carboxylic acids is 1. The number of urea groups is 1. The van der Waals surface area contributed by atoms with Crippen molar-refractivity contribution in [3.05, 3.63) is 42.4 Å². The van der Waals surface area contributed by atoms with Gasteiger partial charge in [0.05, 0.1) is 25.5 Å². The molecule has 0 saturated carbocycles. The standard InChI is InChI=1S/C18H25N3O4/c1-13(2)11-24-12-15(22)8-20-18(23)21-10-17-19-9-16(25-17)14-6-4-3-5-7-14/h3-7,9,13,15,22H,8,10-12H2,1-2H3,(H2,20,21,23). The summed E-state index contributed by atoms with van der Waals surface area (Å²) in [4.78, 5) is 15.9. The molecule has 0 aliphatic carbocycles. The van der Waals surface area contributed by atoms with Gasteiger partial charge in [0.1, 0.15) is 0 Å². The van der Waals surface area contributed by atoms with Gasteiger partial charge in [-0.3, -0.25) is 0 Å². The van der Waals surface area contributed by atoms with E-state index < -0.39 is 12.1 Å². The van der Waals surface area contributed by atoms with Crippen molar-refractivity contribution >= 4 is 6.03 Å². The summed E-state index contributed by atoms with van der Waals surface area (Å²) in [6, 6.07) is 9.20. The van der Waals surface area contributed by atoms with Crippen LogP contribution in [0.25, 0.3) is 11.3 Å². The molecule has 25 heavy (non-hydrogen) atoms. The van der Waals surface area contributed by atoms with Crippen LogP contribution in [0.15, 0.2) is 40.9 Å². The van der Waals surface area contributed by atoms with Gasteiger partial charge >= 0.3 is 6.03 Å². The number of aromatic nitrogens is 1. The minimum absolute atomic E-state index is 0.116. The summed E-state index contributed by atoms with van der Waals surface area (Å²) < 4.78 is 10.9. The lowest BCUT2D eigenvalue weighted by molar-refractivity contribution is 0.0272. The lowest BCUT2D eigenvalue weighted by atomic mass is 10.2. The van der Waals surface area contributed by atoms with Crippen LogP contribution in [0.5, 0.6) is 0 Å². The Morgan fingerprint density at radius 2 is 2.00 bits per heavy atom. The highest BCUT2D eigenvalue weighted by Crippen LogP contribution is 2.19. The zero-order valence-corrected chi connectivity index (χ0v) is 14.6. The molecule has 7 nitrogen and oxygen atoms in total. The molecule has 2 amide bonds. The number of nitrogens with one attached hydrogen (secondary N) is 2. The van der Waals surface area contributed by atoms with Crippen molar-refractivity contribution < 1.29 is 19.1 Å². The second-order valence-electron chi connectivity index (χ2n) is 6.13. The molecule has 0 bridgehead atoms. The minimum Gasteiger partial charge on any atom is -0.439 e. The van der Waals surface area contributed by atoms with Gasteiger partial charge in [-0.05, 0) is 5.92 Å². The quantitative estimate of drug-likeness (QED) is 0.646. The molecule has 0 saturated heterocycles. The average Bonchev–Trinajstić information content (AvgIpc) is 3.07. The van der Waals surface area contributed by atoms with Crippen LogP contribution in [0, 0.1) is 5.92 Å². The number of aliphatic hydroxyl groups is 1. The van der Waals surface area contributed by atoms with Crippen molar-refractivity contribution in [3.8, 4) is 11.3 Å². The highest BCUT2D eigenvalue weighted by molar-refractivity contribution is 5.73. The molecule has 1 heterocycles. The zero-order chi connectivity index (χ0) is 18.1. The van der Waals surface area contributed by atoms with Crippen LogP contribution < -0.4 is 10.6 Å². The van der Waals surface area contributed by atoms with E-state index in [4.69, 9.17) is 9.15 Å². The van der Waals surface area contributed by atoms with Crippen molar-refractivity contribution in [2.45, 2.75) is 26.5 Å². The number of hydrogen-bond acceptors (Lipinski definition) is 5. The van der Waals surface area contributed by atoms with E-state index in [1.165, 1.54) is 0 Å². The lowest BCUT2D eigenvalue weighted by Crippen LogP contribution is -2.40. The molecule has 136 valence electrons. The van der Waals surface area contributed by atoms with E-state index >= 15 is 0 Å². The molecule has 1 atom stereocenters. The number of aliphatic hydroxyl groups excluding tert-OH is 1. The van der Waals surface area contributed by atoms with Gasteiger partial charge in [-0.15, -0.1) is 0 Å². The SMILES string of the molecule is CC(C)COCC(O)CNC(=O)NCc1ncc(-c2ccccc2)o1. The first-order valence-corrected chi connectivity index (χ1v) is 8.32. The molecule has 1 aromatic carbocycles. The van der Waals surface area contributed by atoms with Crippen LogP contribution in [0.2, 0.25) is 0 Å². The molecule has 7 heteroatoms. The Morgan fingerprint density at radius 3 is 2.72 bits per heavy atom. The smallest absolute Gasteiger partial charge is 0.315 e. The number of oxazole rings is 1. The van der Waals surface area contributed by atoms with Crippen LogP contribution in [0.3, 0.4) is 0 Å². The van der Waals surface area contributed by atoms with Crippen LogP contribution in [-0.2, 0) is 11.3 Å². The molecular weight excluding hydrogens is 322 g/mol. The largest absolute Gasteiger partial charge is 0.439 e.